The molecule has 2 aliphatic rings. The van der Waals surface area contributed by atoms with Gasteiger partial charge in [-0.05, 0) is 48.2 Å². The van der Waals surface area contributed by atoms with Gasteiger partial charge in [0.05, 0.1) is 25.1 Å². The summed E-state index contributed by atoms with van der Waals surface area (Å²) in [6.45, 7) is 2.77. The van der Waals surface area contributed by atoms with E-state index in [4.69, 9.17) is 14.2 Å². The molecule has 1 saturated heterocycles. The van der Waals surface area contributed by atoms with E-state index in [0.29, 0.717) is 12.3 Å². The third-order valence-electron chi connectivity index (χ3n) is 6.31. The van der Waals surface area contributed by atoms with E-state index in [9.17, 15) is 20.4 Å². The molecule has 176 valence electrons. The molecular weight excluding hydrogens is 428 g/mol. The molecule has 9 nitrogen and oxygen atoms in total. The summed E-state index contributed by atoms with van der Waals surface area (Å²) in [7, 11) is 0. The molecule has 0 amide bonds. The Bertz CT molecular complexity index is 1150. The van der Waals surface area contributed by atoms with Gasteiger partial charge in [0.25, 0.3) is 0 Å². The van der Waals surface area contributed by atoms with Gasteiger partial charge < -0.3 is 39.2 Å². The highest BCUT2D eigenvalue weighted by atomic mass is 16.7. The summed E-state index contributed by atoms with van der Waals surface area (Å²) in [5, 5.41) is 40.0. The topological polar surface area (TPSA) is 126 Å². The molecule has 3 heterocycles. The molecule has 5 rings (SSSR count). The monoisotopic (exact) mass is 456 g/mol. The summed E-state index contributed by atoms with van der Waals surface area (Å²) >= 11 is 0. The molecule has 1 fully saturated rings. The van der Waals surface area contributed by atoms with Crippen molar-refractivity contribution in [2.45, 2.75) is 57.0 Å². The van der Waals surface area contributed by atoms with E-state index in [1.54, 1.807) is 6.33 Å². The summed E-state index contributed by atoms with van der Waals surface area (Å²) in [5.41, 5.74) is 4.81. The number of hydrogen-bond acceptors (Lipinski definition) is 8. The average molecular weight is 456 g/mol. The molecule has 0 spiro atoms. The van der Waals surface area contributed by atoms with Gasteiger partial charge in [0.1, 0.15) is 41.4 Å². The van der Waals surface area contributed by atoms with Gasteiger partial charge in [0.2, 0.25) is 6.29 Å². The number of benzene rings is 2. The Morgan fingerprint density at radius 2 is 1.97 bits per heavy atom. The molecule has 9 heteroatoms. The minimum atomic E-state index is -1.50. The fraction of sp³-hybridized carbons (Fsp3) is 0.458. The van der Waals surface area contributed by atoms with Gasteiger partial charge in [-0.3, -0.25) is 0 Å². The van der Waals surface area contributed by atoms with Gasteiger partial charge in [0.15, 0.2) is 0 Å². The average Bonchev–Trinajstić information content (AvgIpc) is 3.44. The van der Waals surface area contributed by atoms with Crippen molar-refractivity contribution in [3.63, 3.8) is 0 Å². The van der Waals surface area contributed by atoms with Crippen molar-refractivity contribution in [3.05, 3.63) is 53.3 Å². The van der Waals surface area contributed by atoms with E-state index < -0.39 is 37.3 Å². The standard InChI is InChI=1S/C24H28N2O7/c1-13-8-16-20(18(9-13)32-24-23(30)22(29)21(28)19(11-27)33-24)26(12-25-16)6-4-14-2-3-17-15(10-14)5-7-31-17/h2-3,8-10,12,19,21-24,27-30H,4-7,11H2,1H3/t19-,21-,22+,23-,24?/m0/s1. The Morgan fingerprint density at radius 3 is 2.79 bits per heavy atom. The highest BCUT2D eigenvalue weighted by Gasteiger charge is 2.45. The molecule has 0 aliphatic carbocycles. The molecule has 5 atom stereocenters. The first kappa shape index (κ1) is 22.1. The number of aliphatic hydroxyl groups excluding tert-OH is 4. The zero-order valence-electron chi connectivity index (χ0n) is 18.3. The van der Waals surface area contributed by atoms with Crippen molar-refractivity contribution in [3.8, 4) is 11.5 Å². The Hall–Kier alpha value is -2.69. The molecule has 2 aromatic carbocycles. The lowest BCUT2D eigenvalue weighted by molar-refractivity contribution is -0.277. The first-order chi connectivity index (χ1) is 15.9. The van der Waals surface area contributed by atoms with Crippen LogP contribution in [0.25, 0.3) is 11.0 Å². The van der Waals surface area contributed by atoms with Crippen LogP contribution in [-0.2, 0) is 24.1 Å². The highest BCUT2D eigenvalue weighted by molar-refractivity contribution is 5.83. The fourth-order valence-corrected chi connectivity index (χ4v) is 4.50. The van der Waals surface area contributed by atoms with Crippen molar-refractivity contribution in [2.75, 3.05) is 13.2 Å². The van der Waals surface area contributed by atoms with Gasteiger partial charge in [-0.2, -0.15) is 0 Å². The molecule has 0 saturated carbocycles. The van der Waals surface area contributed by atoms with E-state index in [-0.39, 0.29) is 0 Å². The summed E-state index contributed by atoms with van der Waals surface area (Å²) < 4.78 is 19.1. The van der Waals surface area contributed by atoms with Crippen LogP contribution in [0.5, 0.6) is 11.5 Å². The molecular formula is C24H28N2O7. The summed E-state index contributed by atoms with van der Waals surface area (Å²) in [6.07, 6.45) is -3.27. The van der Waals surface area contributed by atoms with E-state index in [1.165, 1.54) is 11.1 Å². The molecule has 4 N–H and O–H groups in total. The van der Waals surface area contributed by atoms with Crippen LogP contribution in [0.3, 0.4) is 0 Å². The molecule has 0 bridgehead atoms. The van der Waals surface area contributed by atoms with Crippen molar-refractivity contribution in [1.29, 1.82) is 0 Å². The van der Waals surface area contributed by atoms with Crippen LogP contribution in [0.1, 0.15) is 16.7 Å². The van der Waals surface area contributed by atoms with Gasteiger partial charge in [-0.1, -0.05) is 12.1 Å². The maximum Gasteiger partial charge on any atom is 0.229 e. The fourth-order valence-electron chi connectivity index (χ4n) is 4.50. The number of ether oxygens (including phenoxy) is 3. The van der Waals surface area contributed by atoms with Gasteiger partial charge in [-0.15, -0.1) is 0 Å². The van der Waals surface area contributed by atoms with Gasteiger partial charge in [-0.25, -0.2) is 4.98 Å². The third-order valence-corrected chi connectivity index (χ3v) is 6.31. The lowest BCUT2D eigenvalue weighted by Gasteiger charge is -2.39. The van der Waals surface area contributed by atoms with Crippen molar-refractivity contribution >= 4 is 11.0 Å². The van der Waals surface area contributed by atoms with Crippen LogP contribution in [0.2, 0.25) is 0 Å². The SMILES string of the molecule is Cc1cc(OC2O[C@@H](CO)[C@H](O)[C@@H](O)[C@@H]2O)c2c(c1)ncn2CCc1ccc2c(c1)CCO2. The van der Waals surface area contributed by atoms with Crippen molar-refractivity contribution < 1.29 is 34.6 Å². The maximum absolute atomic E-state index is 10.4. The van der Waals surface area contributed by atoms with Crippen LogP contribution >= 0.6 is 0 Å². The Balaban J connectivity index is 1.40. The number of imidazole rings is 1. The Morgan fingerprint density at radius 1 is 1.12 bits per heavy atom. The third kappa shape index (κ3) is 4.18. The lowest BCUT2D eigenvalue weighted by atomic mass is 9.99. The summed E-state index contributed by atoms with van der Waals surface area (Å²) in [4.78, 5) is 4.51. The van der Waals surface area contributed by atoms with Crippen LogP contribution in [0, 0.1) is 6.92 Å². The minimum Gasteiger partial charge on any atom is -0.493 e. The van der Waals surface area contributed by atoms with E-state index in [1.807, 2.05) is 29.7 Å². The zero-order chi connectivity index (χ0) is 23.1. The summed E-state index contributed by atoms with van der Waals surface area (Å²) in [6, 6.07) is 10.0. The molecule has 1 aromatic heterocycles. The van der Waals surface area contributed by atoms with Crippen molar-refractivity contribution in [1.82, 2.24) is 9.55 Å². The normalized spacial score (nSPS) is 26.9. The first-order valence-corrected chi connectivity index (χ1v) is 11.1. The lowest BCUT2D eigenvalue weighted by Crippen LogP contribution is -2.60. The number of hydrogen-bond donors (Lipinski definition) is 4. The number of aromatic nitrogens is 2. The molecule has 1 unspecified atom stereocenters. The second-order valence-electron chi connectivity index (χ2n) is 8.67. The molecule has 33 heavy (non-hydrogen) atoms. The maximum atomic E-state index is 10.4. The van der Waals surface area contributed by atoms with E-state index in [2.05, 4.69) is 17.1 Å². The minimum absolute atomic E-state index is 0.439. The van der Waals surface area contributed by atoms with Crippen LogP contribution < -0.4 is 9.47 Å². The van der Waals surface area contributed by atoms with E-state index >= 15 is 0 Å². The highest BCUT2D eigenvalue weighted by Crippen LogP contribution is 2.32. The Labute approximate surface area is 190 Å². The predicted molar refractivity (Wildman–Crippen MR) is 118 cm³/mol. The molecule has 2 aliphatic heterocycles. The second-order valence-corrected chi connectivity index (χ2v) is 8.67. The molecule has 3 aromatic rings. The number of aliphatic hydroxyl groups is 4. The smallest absolute Gasteiger partial charge is 0.229 e. The molecule has 0 radical (unpaired) electrons. The predicted octanol–water partition coefficient (Wildman–Crippen LogP) is 0.701. The number of aryl methyl sites for hydroxylation is 3. The Kier molecular flexibility index (Phi) is 5.98. The largest absolute Gasteiger partial charge is 0.493 e. The second kappa shape index (κ2) is 8.92. The van der Waals surface area contributed by atoms with Crippen LogP contribution in [0.15, 0.2) is 36.7 Å². The quantitative estimate of drug-likeness (QED) is 0.427. The van der Waals surface area contributed by atoms with Crippen LogP contribution in [0.4, 0.5) is 0 Å². The van der Waals surface area contributed by atoms with Gasteiger partial charge >= 0.3 is 0 Å². The van der Waals surface area contributed by atoms with Crippen LogP contribution in [-0.4, -0.2) is 73.9 Å². The zero-order valence-corrected chi connectivity index (χ0v) is 18.3. The summed E-state index contributed by atoms with van der Waals surface area (Å²) in [5.74, 6) is 1.40. The van der Waals surface area contributed by atoms with Crippen molar-refractivity contribution in [2.24, 2.45) is 0 Å². The number of rotatable bonds is 6. The first-order valence-electron chi connectivity index (χ1n) is 11.1. The number of fused-ring (bicyclic) bond motifs is 2. The van der Waals surface area contributed by atoms with Gasteiger partial charge in [0, 0.05) is 13.0 Å². The number of nitrogens with zero attached hydrogens (tertiary/aromatic N) is 2. The van der Waals surface area contributed by atoms with E-state index in [0.717, 1.165) is 41.8 Å².